The number of aromatic nitrogens is 3. The molecule has 0 spiro atoms. The van der Waals surface area contributed by atoms with Gasteiger partial charge in [-0.2, -0.15) is 5.10 Å². The topological polar surface area (TPSA) is 85.0 Å². The Labute approximate surface area is 161 Å². The number of hydrogen-bond acceptors (Lipinski definition) is 5. The van der Waals surface area contributed by atoms with E-state index in [1.54, 1.807) is 37.1 Å². The Morgan fingerprint density at radius 2 is 2.22 bits per heavy atom. The summed E-state index contributed by atoms with van der Waals surface area (Å²) in [5.41, 5.74) is 2.52. The second-order valence-corrected chi connectivity index (χ2v) is 6.27. The molecule has 1 aliphatic heterocycles. The van der Waals surface area contributed by atoms with Crippen LogP contribution in [0.3, 0.4) is 0 Å². The summed E-state index contributed by atoms with van der Waals surface area (Å²) in [6.07, 6.45) is 3.94. The second-order valence-electron chi connectivity index (χ2n) is 6.27. The molecule has 0 unspecified atom stereocenters. The second kappa shape index (κ2) is 7.50. The molecule has 0 fully saturated rings. The number of aryl methyl sites for hydroxylation is 2. The Kier molecular flexibility index (Phi) is 5.29. The Morgan fingerprint density at radius 3 is 2.96 bits per heavy atom. The van der Waals surface area contributed by atoms with E-state index in [2.05, 4.69) is 20.7 Å². The third-order valence-corrected chi connectivity index (χ3v) is 4.42. The molecule has 4 rings (SSSR count). The van der Waals surface area contributed by atoms with Crippen LogP contribution in [0.15, 0.2) is 28.9 Å². The van der Waals surface area contributed by atoms with Crippen LogP contribution in [0, 0.1) is 12.7 Å². The van der Waals surface area contributed by atoms with Crippen LogP contribution in [0.5, 0.6) is 0 Å². The number of nitrogens with zero attached hydrogens (tertiary/aromatic N) is 3. The van der Waals surface area contributed by atoms with Gasteiger partial charge in [-0.25, -0.2) is 9.37 Å². The SMILES string of the molecule is Cc1oc(-c2cnn(C)c2)nc1C(=O)Nc1ccc2c(c1F)CCNC2.Cl. The van der Waals surface area contributed by atoms with E-state index >= 15 is 0 Å². The van der Waals surface area contributed by atoms with Crippen molar-refractivity contribution in [2.45, 2.75) is 19.9 Å². The van der Waals surface area contributed by atoms with Crippen molar-refractivity contribution in [3.05, 3.63) is 52.9 Å². The molecule has 27 heavy (non-hydrogen) atoms. The highest BCUT2D eigenvalue weighted by molar-refractivity contribution is 6.04. The van der Waals surface area contributed by atoms with Crippen molar-refractivity contribution in [1.82, 2.24) is 20.1 Å². The zero-order valence-corrected chi connectivity index (χ0v) is 15.7. The molecular weight excluding hydrogens is 373 g/mol. The predicted octanol–water partition coefficient (Wildman–Crippen LogP) is 2.84. The first-order valence-corrected chi connectivity index (χ1v) is 8.31. The van der Waals surface area contributed by atoms with Gasteiger partial charge in [0.05, 0.1) is 17.4 Å². The zero-order chi connectivity index (χ0) is 18.3. The fourth-order valence-electron chi connectivity index (χ4n) is 3.07. The molecule has 0 radical (unpaired) electrons. The van der Waals surface area contributed by atoms with Gasteiger partial charge < -0.3 is 15.1 Å². The molecule has 2 aromatic heterocycles. The van der Waals surface area contributed by atoms with E-state index < -0.39 is 5.91 Å². The highest BCUT2D eigenvalue weighted by Gasteiger charge is 2.22. The summed E-state index contributed by atoms with van der Waals surface area (Å²) < 4.78 is 21.9. The summed E-state index contributed by atoms with van der Waals surface area (Å²) >= 11 is 0. The first kappa shape index (κ1) is 19.1. The summed E-state index contributed by atoms with van der Waals surface area (Å²) in [7, 11) is 1.78. The number of anilines is 1. The van der Waals surface area contributed by atoms with Gasteiger partial charge >= 0.3 is 0 Å². The van der Waals surface area contributed by atoms with E-state index in [1.807, 2.05) is 6.07 Å². The average Bonchev–Trinajstić information content (AvgIpc) is 3.23. The molecule has 0 bridgehead atoms. The first-order chi connectivity index (χ1) is 12.5. The average molecular weight is 392 g/mol. The molecule has 7 nitrogen and oxygen atoms in total. The number of carbonyl (C=O) groups is 1. The molecule has 142 valence electrons. The third kappa shape index (κ3) is 3.58. The number of rotatable bonds is 3. The minimum atomic E-state index is -0.505. The zero-order valence-electron chi connectivity index (χ0n) is 14.9. The van der Waals surface area contributed by atoms with E-state index in [9.17, 15) is 9.18 Å². The number of carbonyl (C=O) groups excluding carboxylic acids is 1. The van der Waals surface area contributed by atoms with Gasteiger partial charge in [0.1, 0.15) is 11.6 Å². The predicted molar refractivity (Wildman–Crippen MR) is 100 cm³/mol. The Balaban J connectivity index is 0.00000210. The Bertz CT molecular complexity index is 998. The van der Waals surface area contributed by atoms with Crippen LogP contribution in [0.4, 0.5) is 10.1 Å². The quantitative estimate of drug-likeness (QED) is 0.717. The molecule has 0 atom stereocenters. The van der Waals surface area contributed by atoms with Crippen LogP contribution in [0.1, 0.15) is 27.4 Å². The number of nitrogens with one attached hydrogen (secondary N) is 2. The molecular formula is C18H19ClFN5O2. The van der Waals surface area contributed by atoms with Gasteiger partial charge in [0, 0.05) is 19.8 Å². The molecule has 0 saturated carbocycles. The molecule has 0 aliphatic carbocycles. The first-order valence-electron chi connectivity index (χ1n) is 8.31. The molecule has 0 saturated heterocycles. The van der Waals surface area contributed by atoms with Crippen molar-refractivity contribution >= 4 is 24.0 Å². The third-order valence-electron chi connectivity index (χ3n) is 4.42. The minimum absolute atomic E-state index is 0. The summed E-state index contributed by atoms with van der Waals surface area (Å²) in [5.74, 6) is -0.221. The van der Waals surface area contributed by atoms with Crippen molar-refractivity contribution in [2.24, 2.45) is 7.05 Å². The number of amides is 1. The van der Waals surface area contributed by atoms with Gasteiger partial charge in [0.25, 0.3) is 5.91 Å². The van der Waals surface area contributed by atoms with E-state index in [1.165, 1.54) is 0 Å². The lowest BCUT2D eigenvalue weighted by atomic mass is 9.99. The molecule has 1 amide bonds. The molecule has 3 aromatic rings. The summed E-state index contributed by atoms with van der Waals surface area (Å²) in [6.45, 7) is 3.01. The lowest BCUT2D eigenvalue weighted by Gasteiger charge is -2.19. The maximum absolute atomic E-state index is 14.7. The maximum atomic E-state index is 14.7. The van der Waals surface area contributed by atoms with Crippen LogP contribution in [0.2, 0.25) is 0 Å². The Morgan fingerprint density at radius 1 is 1.41 bits per heavy atom. The van der Waals surface area contributed by atoms with Crippen LogP contribution >= 0.6 is 12.4 Å². The van der Waals surface area contributed by atoms with Gasteiger partial charge in [-0.15, -0.1) is 12.4 Å². The molecule has 1 aromatic carbocycles. The lowest BCUT2D eigenvalue weighted by Crippen LogP contribution is -2.25. The van der Waals surface area contributed by atoms with E-state index in [0.717, 1.165) is 12.1 Å². The minimum Gasteiger partial charge on any atom is -0.440 e. The normalized spacial score (nSPS) is 13.0. The number of benzene rings is 1. The fourth-order valence-corrected chi connectivity index (χ4v) is 3.07. The van der Waals surface area contributed by atoms with Crippen LogP contribution in [-0.4, -0.2) is 27.2 Å². The maximum Gasteiger partial charge on any atom is 0.278 e. The van der Waals surface area contributed by atoms with Crippen molar-refractivity contribution in [2.75, 3.05) is 11.9 Å². The van der Waals surface area contributed by atoms with Gasteiger partial charge in [-0.3, -0.25) is 9.48 Å². The fraction of sp³-hybridized carbons (Fsp3) is 0.278. The summed E-state index contributed by atoms with van der Waals surface area (Å²) in [4.78, 5) is 16.8. The van der Waals surface area contributed by atoms with Crippen molar-refractivity contribution in [3.8, 4) is 11.5 Å². The lowest BCUT2D eigenvalue weighted by molar-refractivity contribution is 0.102. The Hall–Kier alpha value is -2.71. The highest BCUT2D eigenvalue weighted by atomic mass is 35.5. The van der Waals surface area contributed by atoms with E-state index in [-0.39, 0.29) is 29.6 Å². The summed E-state index contributed by atoms with van der Waals surface area (Å²) in [6, 6.07) is 3.41. The smallest absolute Gasteiger partial charge is 0.278 e. The largest absolute Gasteiger partial charge is 0.440 e. The molecule has 3 heterocycles. The van der Waals surface area contributed by atoms with E-state index in [4.69, 9.17) is 4.42 Å². The highest BCUT2D eigenvalue weighted by Crippen LogP contribution is 2.26. The van der Waals surface area contributed by atoms with Crippen molar-refractivity contribution < 1.29 is 13.6 Å². The van der Waals surface area contributed by atoms with Gasteiger partial charge in [-0.1, -0.05) is 6.07 Å². The number of halogens is 2. The van der Waals surface area contributed by atoms with Crippen molar-refractivity contribution in [1.29, 1.82) is 0 Å². The van der Waals surface area contributed by atoms with Gasteiger partial charge in [0.15, 0.2) is 5.69 Å². The monoisotopic (exact) mass is 391 g/mol. The molecule has 9 heteroatoms. The number of hydrogen-bond donors (Lipinski definition) is 2. The standard InChI is InChI=1S/C18H18FN5O2.ClH/c1-10-16(23-18(26-10)12-8-21-24(2)9-12)17(25)22-14-4-3-11-7-20-6-5-13(11)15(14)19;/h3-4,8-9,20H,5-7H2,1-2H3,(H,22,25);1H. The number of fused-ring (bicyclic) bond motifs is 1. The van der Waals surface area contributed by atoms with Crippen LogP contribution in [-0.2, 0) is 20.0 Å². The van der Waals surface area contributed by atoms with Crippen LogP contribution in [0.25, 0.3) is 11.5 Å². The van der Waals surface area contributed by atoms with Crippen molar-refractivity contribution in [3.63, 3.8) is 0 Å². The summed E-state index contributed by atoms with van der Waals surface area (Å²) in [5, 5.41) is 9.87. The molecule has 1 aliphatic rings. The van der Waals surface area contributed by atoms with Gasteiger partial charge in [0.2, 0.25) is 5.89 Å². The van der Waals surface area contributed by atoms with Crippen LogP contribution < -0.4 is 10.6 Å². The van der Waals surface area contributed by atoms with Gasteiger partial charge in [-0.05, 0) is 37.1 Å². The van der Waals surface area contributed by atoms with E-state index in [0.29, 0.717) is 35.7 Å². The number of oxazole rings is 1. The molecule has 2 N–H and O–H groups in total.